The van der Waals surface area contributed by atoms with Crippen LogP contribution in [0, 0.1) is 0 Å². The molecular formula is C40H41NS. The second kappa shape index (κ2) is 9.01. The van der Waals surface area contributed by atoms with Crippen molar-refractivity contribution in [1.29, 1.82) is 0 Å². The van der Waals surface area contributed by atoms with Crippen molar-refractivity contribution in [3.05, 3.63) is 113 Å². The van der Waals surface area contributed by atoms with Crippen molar-refractivity contribution in [3.63, 3.8) is 0 Å². The number of anilines is 2. The fourth-order valence-corrected chi connectivity index (χ4v) is 9.33. The molecule has 5 aromatic rings. The van der Waals surface area contributed by atoms with Crippen LogP contribution in [0.25, 0.3) is 33.0 Å². The zero-order valence-corrected chi connectivity index (χ0v) is 26.4. The van der Waals surface area contributed by atoms with Crippen molar-refractivity contribution in [3.8, 4) is 22.3 Å². The summed E-state index contributed by atoms with van der Waals surface area (Å²) >= 11 is 0. The van der Waals surface area contributed by atoms with E-state index in [1.165, 1.54) is 98.1 Å². The number of hydrogen-bond acceptors (Lipinski definition) is 1. The molecule has 1 nitrogen and oxygen atoms in total. The van der Waals surface area contributed by atoms with Crippen LogP contribution in [0.2, 0.25) is 0 Å². The van der Waals surface area contributed by atoms with Gasteiger partial charge < -0.3 is 5.32 Å². The van der Waals surface area contributed by atoms with Crippen LogP contribution in [0.4, 0.5) is 11.4 Å². The lowest BCUT2D eigenvalue weighted by atomic mass is 9.67. The van der Waals surface area contributed by atoms with Gasteiger partial charge in [0.1, 0.15) is 0 Å². The Labute approximate surface area is 252 Å². The van der Waals surface area contributed by atoms with E-state index in [1.54, 1.807) is 5.56 Å². The summed E-state index contributed by atoms with van der Waals surface area (Å²) < 4.78 is 0. The normalized spacial score (nSPS) is 17.9. The van der Waals surface area contributed by atoms with Crippen LogP contribution in [0.1, 0.15) is 68.2 Å². The second-order valence-corrected chi connectivity index (χ2v) is 18.3. The van der Waals surface area contributed by atoms with Crippen LogP contribution in [-0.4, -0.2) is 18.8 Å². The zero-order chi connectivity index (χ0) is 28.9. The molecule has 8 rings (SSSR count). The maximum Gasteiger partial charge on any atom is 0.0387 e. The molecule has 3 aliphatic rings. The smallest absolute Gasteiger partial charge is 0.0387 e. The summed E-state index contributed by atoms with van der Waals surface area (Å²) in [6.07, 6.45) is 13.5. The van der Waals surface area contributed by atoms with Gasteiger partial charge in [-0.25, -0.2) is 10.0 Å². The predicted molar refractivity (Wildman–Crippen MR) is 184 cm³/mol. The molecule has 0 radical (unpaired) electrons. The van der Waals surface area contributed by atoms with Crippen LogP contribution in [0.3, 0.4) is 0 Å². The summed E-state index contributed by atoms with van der Waals surface area (Å²) in [6.45, 7) is 4.84. The van der Waals surface area contributed by atoms with Gasteiger partial charge in [-0.05, 0) is 140 Å². The van der Waals surface area contributed by atoms with E-state index in [2.05, 4.69) is 129 Å². The van der Waals surface area contributed by atoms with E-state index in [0.717, 1.165) is 0 Å². The Bertz CT molecular complexity index is 1880. The van der Waals surface area contributed by atoms with Gasteiger partial charge in [0.15, 0.2) is 0 Å². The summed E-state index contributed by atoms with van der Waals surface area (Å²) in [7, 11) is -0.721. The number of fused-ring (bicyclic) bond motifs is 10. The topological polar surface area (TPSA) is 12.0 Å². The first-order valence-electron chi connectivity index (χ1n) is 15.6. The molecule has 3 aliphatic carbocycles. The summed E-state index contributed by atoms with van der Waals surface area (Å²) in [6, 6.07) is 35.2. The van der Waals surface area contributed by atoms with Crippen LogP contribution in [0.5, 0.6) is 0 Å². The van der Waals surface area contributed by atoms with Crippen molar-refractivity contribution in [2.75, 3.05) is 24.1 Å². The lowest BCUT2D eigenvalue weighted by Gasteiger charge is -2.36. The molecule has 2 heteroatoms. The van der Waals surface area contributed by atoms with E-state index in [-0.39, 0.29) is 10.8 Å². The minimum absolute atomic E-state index is 0.0192. The molecule has 0 atom stereocenters. The molecule has 0 heterocycles. The average Bonchev–Trinajstić information content (AvgIpc) is 3.37. The molecule has 0 aromatic heterocycles. The summed E-state index contributed by atoms with van der Waals surface area (Å²) in [5.41, 5.74) is 14.4. The number of hydrogen-bond donors (Lipinski definition) is 1. The lowest BCUT2D eigenvalue weighted by Crippen LogP contribution is -2.28. The van der Waals surface area contributed by atoms with Gasteiger partial charge in [0, 0.05) is 22.2 Å². The average molecular weight is 568 g/mol. The van der Waals surface area contributed by atoms with Gasteiger partial charge in [0.05, 0.1) is 0 Å². The molecule has 212 valence electrons. The van der Waals surface area contributed by atoms with Gasteiger partial charge in [-0.3, -0.25) is 0 Å². The van der Waals surface area contributed by atoms with Gasteiger partial charge in [-0.2, -0.15) is 0 Å². The van der Waals surface area contributed by atoms with Crippen LogP contribution < -0.4 is 5.32 Å². The molecule has 5 aromatic carbocycles. The minimum atomic E-state index is -0.721. The van der Waals surface area contributed by atoms with Crippen molar-refractivity contribution in [2.24, 2.45) is 0 Å². The number of benzene rings is 5. The van der Waals surface area contributed by atoms with Crippen molar-refractivity contribution < 1.29 is 0 Å². The van der Waals surface area contributed by atoms with Crippen LogP contribution in [0.15, 0.2) is 95.9 Å². The first kappa shape index (κ1) is 26.2. The van der Waals surface area contributed by atoms with Gasteiger partial charge >= 0.3 is 0 Å². The second-order valence-electron chi connectivity index (χ2n) is 14.2. The van der Waals surface area contributed by atoms with E-state index < -0.39 is 10.0 Å². The Morgan fingerprint density at radius 3 is 2.05 bits per heavy atom. The van der Waals surface area contributed by atoms with E-state index in [9.17, 15) is 0 Å². The Hall–Kier alpha value is -3.49. The molecule has 1 saturated carbocycles. The summed E-state index contributed by atoms with van der Waals surface area (Å²) in [5, 5.41) is 6.49. The highest BCUT2D eigenvalue weighted by molar-refractivity contribution is 8.32. The molecule has 0 unspecified atom stereocenters. The molecule has 0 aliphatic heterocycles. The van der Waals surface area contributed by atoms with Gasteiger partial charge in [-0.15, -0.1) is 0 Å². The highest BCUT2D eigenvalue weighted by atomic mass is 32.3. The molecule has 42 heavy (non-hydrogen) atoms. The van der Waals surface area contributed by atoms with E-state index in [4.69, 9.17) is 0 Å². The highest BCUT2D eigenvalue weighted by Gasteiger charge is 2.46. The van der Waals surface area contributed by atoms with E-state index >= 15 is 0 Å². The third-order valence-electron chi connectivity index (χ3n) is 10.6. The monoisotopic (exact) mass is 567 g/mol. The molecule has 0 saturated heterocycles. The third-order valence-corrected chi connectivity index (χ3v) is 12.3. The predicted octanol–water partition coefficient (Wildman–Crippen LogP) is 11.2. The maximum absolute atomic E-state index is 3.76. The quantitative estimate of drug-likeness (QED) is 0.229. The van der Waals surface area contributed by atoms with Crippen molar-refractivity contribution in [2.45, 2.75) is 61.7 Å². The molecule has 1 fully saturated rings. The fraction of sp³-hybridized carbons (Fsp3) is 0.300. The maximum atomic E-state index is 3.76. The van der Waals surface area contributed by atoms with Gasteiger partial charge in [0.25, 0.3) is 0 Å². The Morgan fingerprint density at radius 1 is 0.595 bits per heavy atom. The molecule has 0 amide bonds. The summed E-state index contributed by atoms with van der Waals surface area (Å²) in [4.78, 5) is 1.45. The SMILES string of the molecule is CC1(C)c2cc3c(cc2-c2c1ccc1ccccc21)C1(CCCCC1)c1cc(Nc2ccc(S(C)(C)C)cc2)ccc1-3. The van der Waals surface area contributed by atoms with Crippen molar-refractivity contribution in [1.82, 2.24) is 0 Å². The number of nitrogens with one attached hydrogen (secondary N) is 1. The van der Waals surface area contributed by atoms with E-state index in [1.807, 2.05) is 0 Å². The summed E-state index contributed by atoms with van der Waals surface area (Å²) in [5.74, 6) is 0. The van der Waals surface area contributed by atoms with Gasteiger partial charge in [0.2, 0.25) is 0 Å². The first-order chi connectivity index (χ1) is 20.2. The molecular weight excluding hydrogens is 527 g/mol. The molecule has 0 bridgehead atoms. The Balaban J connectivity index is 1.27. The van der Waals surface area contributed by atoms with E-state index in [0.29, 0.717) is 0 Å². The highest BCUT2D eigenvalue weighted by Crippen LogP contribution is 2.60. The largest absolute Gasteiger partial charge is 0.356 e. The molecule has 1 spiro atoms. The third kappa shape index (κ3) is 3.70. The van der Waals surface area contributed by atoms with Crippen LogP contribution >= 0.6 is 10.0 Å². The van der Waals surface area contributed by atoms with Gasteiger partial charge in [-0.1, -0.05) is 75.6 Å². The first-order valence-corrected chi connectivity index (χ1v) is 18.4. The fourth-order valence-electron chi connectivity index (χ4n) is 8.38. The molecule has 1 N–H and O–H groups in total. The zero-order valence-electron chi connectivity index (χ0n) is 25.6. The minimum Gasteiger partial charge on any atom is -0.356 e. The standard InChI is InChI=1S/C40H41NS/c1-39(2)34-20-13-26-11-7-8-12-30(26)38(34)33-25-37-32(24-35(33)39)31-19-16-28(23-36(31)40(37)21-9-6-10-22-40)41-27-14-17-29(18-15-27)42(3,4)5/h7-8,11-20,23-25,41H,6,9-10,21-22H2,1-5H3. The van der Waals surface area contributed by atoms with Crippen LogP contribution in [-0.2, 0) is 10.8 Å². The Kier molecular flexibility index (Phi) is 5.61. The Morgan fingerprint density at radius 2 is 1.29 bits per heavy atom. The van der Waals surface area contributed by atoms with Crippen molar-refractivity contribution >= 4 is 32.2 Å². The number of rotatable bonds is 3. The lowest BCUT2D eigenvalue weighted by molar-refractivity contribution is 0.353.